The number of hydrogen-bond acceptors (Lipinski definition) is 4. The molecule has 102 valence electrons. The van der Waals surface area contributed by atoms with Crippen LogP contribution in [0.2, 0.25) is 0 Å². The number of hydrogen-bond donors (Lipinski definition) is 1. The van der Waals surface area contributed by atoms with Crippen molar-refractivity contribution in [2.24, 2.45) is 0 Å². The van der Waals surface area contributed by atoms with Crippen LogP contribution >= 0.6 is 11.6 Å². The smallest absolute Gasteiger partial charge is 0.260 e. The third kappa shape index (κ3) is 2.40. The van der Waals surface area contributed by atoms with Gasteiger partial charge < -0.3 is 4.90 Å². The number of piperazine rings is 1. The predicted molar refractivity (Wildman–Crippen MR) is 69.0 cm³/mol. The third-order valence-corrected chi connectivity index (χ3v) is 5.51. The molecule has 1 unspecified atom stereocenters. The van der Waals surface area contributed by atoms with Crippen LogP contribution in [0, 0.1) is 0 Å². The van der Waals surface area contributed by atoms with E-state index in [0.717, 1.165) is 6.54 Å². The lowest BCUT2D eigenvalue weighted by atomic mass is 10.2. The highest BCUT2D eigenvalue weighted by atomic mass is 35.5. The first-order valence-corrected chi connectivity index (χ1v) is 7.73. The maximum atomic E-state index is 12.5. The molecule has 0 spiro atoms. The Labute approximate surface area is 112 Å². The average molecular weight is 293 g/mol. The fraction of sp³-hybridized carbons (Fsp3) is 0.700. The summed E-state index contributed by atoms with van der Waals surface area (Å²) in [5.41, 5.74) is 0.517. The normalized spacial score (nSPS) is 23.4. The van der Waals surface area contributed by atoms with Crippen molar-refractivity contribution in [3.8, 4) is 0 Å². The van der Waals surface area contributed by atoms with Crippen molar-refractivity contribution in [2.45, 2.75) is 23.9 Å². The Morgan fingerprint density at radius 1 is 1.56 bits per heavy atom. The van der Waals surface area contributed by atoms with Crippen LogP contribution in [0.1, 0.15) is 12.5 Å². The van der Waals surface area contributed by atoms with Gasteiger partial charge in [0.1, 0.15) is 0 Å². The molecule has 1 fully saturated rings. The first-order valence-electron chi connectivity index (χ1n) is 5.75. The molecule has 2 heterocycles. The molecule has 1 aliphatic rings. The monoisotopic (exact) mass is 292 g/mol. The molecule has 0 radical (unpaired) electrons. The predicted octanol–water partition coefficient (Wildman–Crippen LogP) is 0.473. The lowest BCUT2D eigenvalue weighted by Crippen LogP contribution is -2.52. The maximum Gasteiger partial charge on any atom is 0.260 e. The van der Waals surface area contributed by atoms with Crippen LogP contribution in [0.3, 0.4) is 0 Å². The van der Waals surface area contributed by atoms with Crippen molar-refractivity contribution in [3.63, 3.8) is 0 Å². The van der Waals surface area contributed by atoms with Gasteiger partial charge >= 0.3 is 0 Å². The second-order valence-corrected chi connectivity index (χ2v) is 6.69. The standard InChI is InChI=1S/C10H17ClN4O2S/c1-8-7-15(4-3-14(8)2)18(16,17)10-9(5-11)6-12-13-10/h6,8H,3-5,7H2,1-2H3,(H,12,13). The number of aromatic amines is 1. The first-order chi connectivity index (χ1) is 8.46. The van der Waals surface area contributed by atoms with Crippen molar-refractivity contribution in [3.05, 3.63) is 11.8 Å². The van der Waals surface area contributed by atoms with Crippen LogP contribution < -0.4 is 0 Å². The number of rotatable bonds is 3. The molecule has 1 aromatic rings. The number of likely N-dealkylation sites (N-methyl/N-ethyl adjacent to an activating group) is 1. The third-order valence-electron chi connectivity index (χ3n) is 3.34. The molecule has 1 atom stereocenters. The van der Waals surface area contributed by atoms with Crippen LogP contribution in [0.4, 0.5) is 0 Å². The summed E-state index contributed by atoms with van der Waals surface area (Å²) in [6, 6.07) is 0.205. The maximum absolute atomic E-state index is 12.5. The zero-order chi connectivity index (χ0) is 13.3. The number of nitrogens with one attached hydrogen (secondary N) is 1. The second-order valence-electron chi connectivity index (χ2n) is 4.55. The van der Waals surface area contributed by atoms with Crippen LogP contribution in [-0.2, 0) is 15.9 Å². The van der Waals surface area contributed by atoms with E-state index in [2.05, 4.69) is 15.1 Å². The van der Waals surface area contributed by atoms with Gasteiger partial charge in [0.25, 0.3) is 10.0 Å². The summed E-state index contributed by atoms with van der Waals surface area (Å²) in [4.78, 5) is 2.14. The summed E-state index contributed by atoms with van der Waals surface area (Å²) in [7, 11) is -1.52. The highest BCUT2D eigenvalue weighted by molar-refractivity contribution is 7.89. The fourth-order valence-electron chi connectivity index (χ4n) is 1.98. The lowest BCUT2D eigenvalue weighted by molar-refractivity contribution is 0.159. The largest absolute Gasteiger partial charge is 0.301 e. The van der Waals surface area contributed by atoms with E-state index in [9.17, 15) is 8.42 Å². The van der Waals surface area contributed by atoms with E-state index in [1.165, 1.54) is 10.5 Å². The molecule has 1 aromatic heterocycles. The van der Waals surface area contributed by atoms with Crippen molar-refractivity contribution >= 4 is 21.6 Å². The van der Waals surface area contributed by atoms with Gasteiger partial charge in [-0.25, -0.2) is 8.42 Å². The minimum atomic E-state index is -3.51. The van der Waals surface area contributed by atoms with E-state index in [1.807, 2.05) is 14.0 Å². The van der Waals surface area contributed by atoms with Gasteiger partial charge in [0, 0.05) is 31.2 Å². The van der Waals surface area contributed by atoms with E-state index < -0.39 is 10.0 Å². The summed E-state index contributed by atoms with van der Waals surface area (Å²) in [5.74, 6) is 0.133. The Morgan fingerprint density at radius 3 is 2.89 bits per heavy atom. The Balaban J connectivity index is 2.27. The molecule has 0 aromatic carbocycles. The summed E-state index contributed by atoms with van der Waals surface area (Å²) in [5, 5.41) is 6.42. The van der Waals surface area contributed by atoms with Gasteiger partial charge in [-0.1, -0.05) is 0 Å². The number of sulfonamides is 1. The van der Waals surface area contributed by atoms with Crippen LogP contribution in [0.5, 0.6) is 0 Å². The zero-order valence-electron chi connectivity index (χ0n) is 10.4. The van der Waals surface area contributed by atoms with Gasteiger partial charge in [0.2, 0.25) is 0 Å². The van der Waals surface area contributed by atoms with E-state index in [-0.39, 0.29) is 16.9 Å². The summed E-state index contributed by atoms with van der Waals surface area (Å²) in [6.45, 7) is 3.71. The fourth-order valence-corrected chi connectivity index (χ4v) is 3.88. The van der Waals surface area contributed by atoms with Crippen LogP contribution in [-0.4, -0.2) is 60.5 Å². The Morgan fingerprint density at radius 2 is 2.28 bits per heavy atom. The van der Waals surface area contributed by atoms with Crippen LogP contribution in [0.25, 0.3) is 0 Å². The van der Waals surface area contributed by atoms with Crippen molar-refractivity contribution in [2.75, 3.05) is 26.7 Å². The SMILES string of the molecule is CC1CN(S(=O)(=O)c2[nH]ncc2CCl)CCN1C. The van der Waals surface area contributed by atoms with Gasteiger partial charge in [-0.15, -0.1) is 11.6 Å². The lowest BCUT2D eigenvalue weighted by Gasteiger charge is -2.36. The van der Waals surface area contributed by atoms with Gasteiger partial charge in [-0.2, -0.15) is 9.40 Å². The Hall–Kier alpha value is -0.630. The highest BCUT2D eigenvalue weighted by Gasteiger charge is 2.33. The summed E-state index contributed by atoms with van der Waals surface area (Å²) < 4.78 is 26.4. The quantitative estimate of drug-likeness (QED) is 0.823. The number of H-pyrrole nitrogens is 1. The van der Waals surface area contributed by atoms with Gasteiger partial charge in [0.15, 0.2) is 5.03 Å². The average Bonchev–Trinajstić information content (AvgIpc) is 2.81. The Kier molecular flexibility index (Phi) is 3.96. The topological polar surface area (TPSA) is 69.3 Å². The Bertz CT molecular complexity index is 516. The summed E-state index contributed by atoms with van der Waals surface area (Å²) >= 11 is 5.72. The molecule has 6 nitrogen and oxygen atoms in total. The number of aromatic nitrogens is 2. The molecule has 0 saturated carbocycles. The van der Waals surface area contributed by atoms with Crippen molar-refractivity contribution < 1.29 is 8.42 Å². The first kappa shape index (κ1) is 13.8. The molecule has 8 heteroatoms. The van der Waals surface area contributed by atoms with E-state index in [1.54, 1.807) is 0 Å². The van der Waals surface area contributed by atoms with E-state index in [4.69, 9.17) is 11.6 Å². The molecule has 18 heavy (non-hydrogen) atoms. The molecule has 1 N–H and O–H groups in total. The van der Waals surface area contributed by atoms with Crippen molar-refractivity contribution in [1.29, 1.82) is 0 Å². The number of alkyl halides is 1. The highest BCUT2D eigenvalue weighted by Crippen LogP contribution is 2.21. The number of halogens is 1. The summed E-state index contributed by atoms with van der Waals surface area (Å²) in [6.07, 6.45) is 1.46. The molecule has 0 amide bonds. The minimum Gasteiger partial charge on any atom is -0.301 e. The van der Waals surface area contributed by atoms with Crippen LogP contribution in [0.15, 0.2) is 11.2 Å². The molecule has 0 bridgehead atoms. The molecule has 2 rings (SSSR count). The van der Waals surface area contributed by atoms with Gasteiger partial charge in [-0.3, -0.25) is 5.10 Å². The minimum absolute atomic E-state index is 0.120. The van der Waals surface area contributed by atoms with Gasteiger partial charge in [0.05, 0.1) is 12.1 Å². The number of nitrogens with zero attached hydrogens (tertiary/aromatic N) is 3. The van der Waals surface area contributed by atoms with E-state index >= 15 is 0 Å². The second kappa shape index (κ2) is 5.16. The van der Waals surface area contributed by atoms with Gasteiger partial charge in [-0.05, 0) is 14.0 Å². The molecule has 1 saturated heterocycles. The molecule has 1 aliphatic heterocycles. The molecular formula is C10H17ClN4O2S. The molecular weight excluding hydrogens is 276 g/mol. The van der Waals surface area contributed by atoms with Crippen molar-refractivity contribution in [1.82, 2.24) is 19.4 Å². The zero-order valence-corrected chi connectivity index (χ0v) is 12.0. The van der Waals surface area contributed by atoms with E-state index in [0.29, 0.717) is 18.7 Å². The molecule has 0 aliphatic carbocycles.